The molecule has 0 bridgehead atoms. The van der Waals surface area contributed by atoms with Gasteiger partial charge in [-0.05, 0) is 70.6 Å². The molecule has 0 aliphatic heterocycles. The van der Waals surface area contributed by atoms with Gasteiger partial charge in [0.05, 0.1) is 34.4 Å². The van der Waals surface area contributed by atoms with E-state index in [0.717, 1.165) is 83.5 Å². The molecule has 0 spiro atoms. The number of likely N-dealkylation sites (N-methyl/N-ethyl adjacent to an activating group) is 1. The van der Waals surface area contributed by atoms with Crippen LogP contribution in [0.1, 0.15) is 174 Å². The van der Waals surface area contributed by atoms with E-state index in [4.69, 9.17) is 14.2 Å². The smallest absolute Gasteiger partial charge is 0.362 e. The first-order valence-corrected chi connectivity index (χ1v) is 22.3. The molecule has 0 aromatic heterocycles. The number of carboxylic acid groups (broad SMARTS) is 1. The molecule has 0 aromatic carbocycles. The van der Waals surface area contributed by atoms with E-state index in [0.29, 0.717) is 19.3 Å². The Bertz CT molecular complexity index is 1100. The van der Waals surface area contributed by atoms with Gasteiger partial charge in [-0.1, -0.05) is 145 Å². The number of carboxylic acids is 1. The van der Waals surface area contributed by atoms with Crippen molar-refractivity contribution in [3.05, 3.63) is 60.8 Å². The molecule has 1 N–H and O–H groups in total. The topological polar surface area (TPSA) is 99.1 Å². The van der Waals surface area contributed by atoms with Crippen molar-refractivity contribution < 1.29 is 38.2 Å². The van der Waals surface area contributed by atoms with E-state index in [1.807, 2.05) is 21.1 Å². The molecule has 8 nitrogen and oxygen atoms in total. The van der Waals surface area contributed by atoms with E-state index in [-0.39, 0.29) is 36.2 Å². The Morgan fingerprint density at radius 3 is 1.50 bits per heavy atom. The van der Waals surface area contributed by atoms with Crippen LogP contribution in [0.25, 0.3) is 0 Å². The summed E-state index contributed by atoms with van der Waals surface area (Å²) in [6, 6.07) is -0.618. The number of rotatable bonds is 39. The zero-order valence-electron chi connectivity index (χ0n) is 36.6. The molecule has 322 valence electrons. The van der Waals surface area contributed by atoms with Gasteiger partial charge >= 0.3 is 17.9 Å². The molecule has 2 unspecified atom stereocenters. The molecule has 8 heteroatoms. The summed E-state index contributed by atoms with van der Waals surface area (Å²) in [6.45, 7) is 4.56. The van der Waals surface area contributed by atoms with Crippen LogP contribution >= 0.6 is 0 Å². The summed E-state index contributed by atoms with van der Waals surface area (Å²) in [5.74, 6) is -1.49. The van der Waals surface area contributed by atoms with E-state index < -0.39 is 18.1 Å². The van der Waals surface area contributed by atoms with Crippen LogP contribution < -0.4 is 0 Å². The van der Waals surface area contributed by atoms with Gasteiger partial charge in [0, 0.05) is 19.3 Å². The van der Waals surface area contributed by atoms with Crippen molar-refractivity contribution in [2.24, 2.45) is 0 Å². The third-order valence-corrected chi connectivity index (χ3v) is 9.65. The fourth-order valence-corrected chi connectivity index (χ4v) is 6.18. The number of esters is 2. The monoisotopic (exact) mass is 787 g/mol. The van der Waals surface area contributed by atoms with Crippen molar-refractivity contribution in [1.82, 2.24) is 0 Å². The standard InChI is InChI=1S/C48H83NO7/c1-6-8-10-12-14-16-18-19-20-21-22-23-24-25-26-27-29-31-33-35-37-39-47(51)56-44(42-54-41-40-45(48(52)53)49(3,4)5)43-55-46(50)38-36-34-32-30-28-17-15-13-11-9-7-2/h8,10,13-16,19-20,22-23,44-45H,6-7,9,11-12,17-18,21,24-43H2,1-5H3/p+1/b10-8-,15-13-,16-14-,20-19-,23-22-. The Balaban J connectivity index is 4.31. The second-order valence-corrected chi connectivity index (χ2v) is 15.9. The Hall–Kier alpha value is -2.97. The summed E-state index contributed by atoms with van der Waals surface area (Å²) < 4.78 is 17.2. The zero-order valence-corrected chi connectivity index (χ0v) is 36.6. The van der Waals surface area contributed by atoms with Gasteiger partial charge in [0.15, 0.2) is 12.1 Å². The third-order valence-electron chi connectivity index (χ3n) is 9.65. The Labute approximate surface area is 343 Å². The minimum atomic E-state index is -0.880. The van der Waals surface area contributed by atoms with Gasteiger partial charge < -0.3 is 23.8 Å². The van der Waals surface area contributed by atoms with Crippen molar-refractivity contribution in [2.45, 2.75) is 187 Å². The molecule has 0 rings (SSSR count). The Morgan fingerprint density at radius 1 is 0.554 bits per heavy atom. The zero-order chi connectivity index (χ0) is 41.4. The first-order valence-electron chi connectivity index (χ1n) is 22.3. The Kier molecular flexibility index (Phi) is 36.8. The number of hydrogen-bond acceptors (Lipinski definition) is 6. The number of unbranched alkanes of at least 4 members (excludes halogenated alkanes) is 15. The minimum absolute atomic E-state index is 0.0532. The second-order valence-electron chi connectivity index (χ2n) is 15.9. The molecule has 0 saturated carbocycles. The highest BCUT2D eigenvalue weighted by Gasteiger charge is 2.31. The van der Waals surface area contributed by atoms with Crippen LogP contribution in [0.5, 0.6) is 0 Å². The maximum Gasteiger partial charge on any atom is 0.362 e. The molecule has 0 heterocycles. The molecule has 0 saturated heterocycles. The van der Waals surface area contributed by atoms with Gasteiger partial charge in [0.2, 0.25) is 0 Å². The van der Waals surface area contributed by atoms with E-state index in [9.17, 15) is 19.5 Å². The van der Waals surface area contributed by atoms with Gasteiger partial charge in [-0.3, -0.25) is 9.59 Å². The molecular weight excluding hydrogens is 703 g/mol. The average Bonchev–Trinajstić information content (AvgIpc) is 3.15. The molecule has 2 atom stereocenters. The minimum Gasteiger partial charge on any atom is -0.477 e. The molecule has 0 fully saturated rings. The lowest BCUT2D eigenvalue weighted by molar-refractivity contribution is -0.887. The first-order chi connectivity index (χ1) is 27.1. The van der Waals surface area contributed by atoms with Crippen LogP contribution in [-0.4, -0.2) is 80.6 Å². The second kappa shape index (κ2) is 38.9. The highest BCUT2D eigenvalue weighted by atomic mass is 16.6. The van der Waals surface area contributed by atoms with Crippen molar-refractivity contribution >= 4 is 17.9 Å². The van der Waals surface area contributed by atoms with Crippen molar-refractivity contribution in [3.8, 4) is 0 Å². The number of allylic oxidation sites excluding steroid dienone is 10. The predicted molar refractivity (Wildman–Crippen MR) is 234 cm³/mol. The summed E-state index contributed by atoms with van der Waals surface area (Å²) in [4.78, 5) is 36.9. The van der Waals surface area contributed by atoms with Gasteiger partial charge in [-0.2, -0.15) is 0 Å². The molecule has 0 aliphatic carbocycles. The van der Waals surface area contributed by atoms with Crippen LogP contribution in [0.4, 0.5) is 0 Å². The number of carbonyl (C=O) groups is 3. The van der Waals surface area contributed by atoms with Gasteiger partial charge in [-0.25, -0.2) is 4.79 Å². The maximum absolute atomic E-state index is 12.7. The number of carbonyl (C=O) groups excluding carboxylic acids is 2. The highest BCUT2D eigenvalue weighted by Crippen LogP contribution is 2.14. The van der Waals surface area contributed by atoms with Crippen molar-refractivity contribution in [1.29, 1.82) is 0 Å². The van der Waals surface area contributed by atoms with Gasteiger partial charge in [-0.15, -0.1) is 0 Å². The lowest BCUT2D eigenvalue weighted by Crippen LogP contribution is -2.50. The number of aliphatic carboxylic acids is 1. The summed E-state index contributed by atoms with van der Waals surface area (Å²) in [6.07, 6.45) is 46.9. The molecular formula is C48H84NO7+. The lowest BCUT2D eigenvalue weighted by Gasteiger charge is -2.31. The number of nitrogens with zero attached hydrogens (tertiary/aromatic N) is 1. The van der Waals surface area contributed by atoms with Crippen molar-refractivity contribution in [2.75, 3.05) is 41.0 Å². The summed E-state index contributed by atoms with van der Waals surface area (Å²) in [5.41, 5.74) is 0. The molecule has 0 radical (unpaired) electrons. The summed E-state index contributed by atoms with van der Waals surface area (Å²) >= 11 is 0. The highest BCUT2D eigenvalue weighted by molar-refractivity contribution is 5.72. The van der Waals surface area contributed by atoms with Crippen LogP contribution in [0.3, 0.4) is 0 Å². The molecule has 56 heavy (non-hydrogen) atoms. The quantitative estimate of drug-likeness (QED) is 0.0287. The predicted octanol–water partition coefficient (Wildman–Crippen LogP) is 12.2. The van der Waals surface area contributed by atoms with Crippen molar-refractivity contribution in [3.63, 3.8) is 0 Å². The molecule has 0 aromatic rings. The van der Waals surface area contributed by atoms with Gasteiger partial charge in [0.1, 0.15) is 6.61 Å². The SMILES string of the molecule is CC/C=C\C/C=C\C/C=C\C/C=C\CCCCCCCCCCC(=O)OC(COCCC(C(=O)O)[N+](C)(C)C)COC(=O)CCCCCCC/C=C\CCCC. The van der Waals surface area contributed by atoms with E-state index >= 15 is 0 Å². The number of quaternary nitrogens is 1. The fraction of sp³-hybridized carbons (Fsp3) is 0.729. The molecule has 0 aliphatic rings. The Morgan fingerprint density at radius 2 is 1.00 bits per heavy atom. The van der Waals surface area contributed by atoms with Gasteiger partial charge in [0.25, 0.3) is 0 Å². The maximum atomic E-state index is 12.7. The average molecular weight is 787 g/mol. The number of ether oxygens (including phenoxy) is 3. The van der Waals surface area contributed by atoms with Crippen LogP contribution in [0.15, 0.2) is 60.8 Å². The number of hydrogen-bond donors (Lipinski definition) is 1. The summed E-state index contributed by atoms with van der Waals surface area (Å²) in [5, 5.41) is 9.61. The lowest BCUT2D eigenvalue weighted by atomic mass is 10.1. The largest absolute Gasteiger partial charge is 0.477 e. The third kappa shape index (κ3) is 36.7. The first kappa shape index (κ1) is 53.0. The van der Waals surface area contributed by atoms with Crippen LogP contribution in [-0.2, 0) is 28.6 Å². The summed E-state index contributed by atoms with van der Waals surface area (Å²) in [7, 11) is 5.51. The molecule has 0 amide bonds. The van der Waals surface area contributed by atoms with E-state index in [1.165, 1.54) is 57.8 Å². The van der Waals surface area contributed by atoms with E-state index in [2.05, 4.69) is 74.6 Å². The fourth-order valence-electron chi connectivity index (χ4n) is 6.18. The normalized spacial score (nSPS) is 13.5. The van der Waals surface area contributed by atoms with Crippen LogP contribution in [0, 0.1) is 0 Å². The van der Waals surface area contributed by atoms with E-state index in [1.54, 1.807) is 0 Å². The van der Waals surface area contributed by atoms with Crippen LogP contribution in [0.2, 0.25) is 0 Å².